The first-order valence-electron chi connectivity index (χ1n) is 11.1. The highest BCUT2D eigenvalue weighted by Crippen LogP contribution is 2.37. The molecule has 0 bridgehead atoms. The van der Waals surface area contributed by atoms with Crippen molar-refractivity contribution in [3.05, 3.63) is 60.7 Å². The number of aliphatic hydroxyl groups excluding tert-OH is 2. The lowest BCUT2D eigenvalue weighted by molar-refractivity contribution is -0.152. The van der Waals surface area contributed by atoms with E-state index in [1.807, 2.05) is 36.4 Å². The topological polar surface area (TPSA) is 87.0 Å². The monoisotopic (exact) mass is 458 g/mol. The largest absolute Gasteiger partial charge is 0.481 e. The van der Waals surface area contributed by atoms with Crippen molar-refractivity contribution in [1.82, 2.24) is 0 Å². The zero-order valence-corrected chi connectivity index (χ0v) is 21.1. The number of hydrogen-bond donors (Lipinski definition) is 3. The van der Waals surface area contributed by atoms with Crippen molar-refractivity contribution in [3.63, 3.8) is 0 Å². The summed E-state index contributed by atoms with van der Waals surface area (Å²) in [6, 6.07) is 20.2. The summed E-state index contributed by atoms with van der Waals surface area (Å²) < 4.78 is 6.69. The number of aliphatic hydroxyl groups is 2. The molecule has 0 aromatic heterocycles. The molecule has 0 aliphatic carbocycles. The van der Waals surface area contributed by atoms with E-state index in [1.165, 1.54) is 0 Å². The number of carboxylic acid groups (broad SMARTS) is 1. The quantitative estimate of drug-likeness (QED) is 0.501. The average molecular weight is 459 g/mol. The van der Waals surface area contributed by atoms with Gasteiger partial charge in [-0.1, -0.05) is 102 Å². The molecule has 1 unspecified atom stereocenters. The molecule has 0 spiro atoms. The third kappa shape index (κ3) is 5.87. The first kappa shape index (κ1) is 26.3. The van der Waals surface area contributed by atoms with Gasteiger partial charge in [0.25, 0.3) is 8.32 Å². The molecule has 0 aliphatic rings. The van der Waals surface area contributed by atoms with Crippen molar-refractivity contribution in [3.8, 4) is 0 Å². The minimum absolute atomic E-state index is 0.0147. The predicted molar refractivity (Wildman–Crippen MR) is 131 cm³/mol. The molecule has 176 valence electrons. The van der Waals surface area contributed by atoms with Gasteiger partial charge < -0.3 is 19.7 Å². The molecule has 0 heterocycles. The summed E-state index contributed by atoms with van der Waals surface area (Å²) in [6.07, 6.45) is -2.23. The molecule has 0 amide bonds. The molecule has 6 heteroatoms. The van der Waals surface area contributed by atoms with E-state index in [4.69, 9.17) is 4.43 Å². The van der Waals surface area contributed by atoms with Gasteiger partial charge in [-0.05, 0) is 20.8 Å². The van der Waals surface area contributed by atoms with Crippen molar-refractivity contribution >= 4 is 24.7 Å². The molecule has 2 aromatic carbocycles. The third-order valence-corrected chi connectivity index (χ3v) is 11.0. The minimum Gasteiger partial charge on any atom is -0.481 e. The number of benzene rings is 2. The fourth-order valence-electron chi connectivity index (χ4n) is 4.58. The van der Waals surface area contributed by atoms with Crippen molar-refractivity contribution in [2.45, 2.75) is 65.2 Å². The molecule has 0 fully saturated rings. The van der Waals surface area contributed by atoms with Crippen LogP contribution in [0.25, 0.3) is 0 Å². The van der Waals surface area contributed by atoms with Crippen LogP contribution >= 0.6 is 0 Å². The van der Waals surface area contributed by atoms with Crippen LogP contribution in [0.4, 0.5) is 0 Å². The normalized spacial score (nSPS) is 15.8. The van der Waals surface area contributed by atoms with E-state index in [0.717, 1.165) is 10.4 Å². The van der Waals surface area contributed by atoms with Crippen LogP contribution < -0.4 is 10.4 Å². The smallest absolute Gasteiger partial charge is 0.309 e. The number of rotatable bonds is 9. The fraction of sp³-hybridized carbons (Fsp3) is 0.500. The summed E-state index contributed by atoms with van der Waals surface area (Å²) in [7, 11) is -2.81. The number of carbonyl (C=O) groups is 1. The van der Waals surface area contributed by atoms with Crippen molar-refractivity contribution in [1.29, 1.82) is 0 Å². The molecule has 5 nitrogen and oxygen atoms in total. The molecule has 2 aromatic rings. The Kier molecular flexibility index (Phi) is 8.45. The Labute approximate surface area is 193 Å². The molecule has 0 radical (unpaired) electrons. The molecular formula is C26H38O5Si. The Hall–Kier alpha value is -1.99. The van der Waals surface area contributed by atoms with Gasteiger partial charge in [0.05, 0.1) is 24.7 Å². The molecular weight excluding hydrogens is 420 g/mol. The van der Waals surface area contributed by atoms with Crippen LogP contribution in [-0.2, 0) is 9.22 Å². The molecule has 3 atom stereocenters. The first-order valence-corrected chi connectivity index (χ1v) is 13.1. The zero-order valence-electron chi connectivity index (χ0n) is 20.1. The van der Waals surface area contributed by atoms with E-state index in [2.05, 4.69) is 45.0 Å². The molecule has 0 saturated heterocycles. The van der Waals surface area contributed by atoms with E-state index in [-0.39, 0.29) is 18.1 Å². The Balaban J connectivity index is 2.35. The fourth-order valence-corrected chi connectivity index (χ4v) is 9.18. The van der Waals surface area contributed by atoms with Crippen molar-refractivity contribution in [2.75, 3.05) is 6.61 Å². The van der Waals surface area contributed by atoms with Gasteiger partial charge in [-0.2, -0.15) is 0 Å². The maximum absolute atomic E-state index is 11.7. The van der Waals surface area contributed by atoms with Crippen LogP contribution in [0.2, 0.25) is 5.04 Å². The van der Waals surface area contributed by atoms with Gasteiger partial charge >= 0.3 is 5.97 Å². The lowest BCUT2D eigenvalue weighted by atomic mass is 9.76. The minimum atomic E-state index is -2.81. The Bertz CT molecular complexity index is 816. The molecule has 0 saturated carbocycles. The van der Waals surface area contributed by atoms with Crippen LogP contribution in [0.1, 0.15) is 48.0 Å². The van der Waals surface area contributed by atoms with Crippen LogP contribution in [0.5, 0.6) is 0 Å². The summed E-state index contributed by atoms with van der Waals surface area (Å²) in [5.74, 6) is -2.05. The van der Waals surface area contributed by atoms with Crippen LogP contribution in [0, 0.1) is 11.3 Å². The first-order chi connectivity index (χ1) is 14.8. The Morgan fingerprint density at radius 3 is 1.66 bits per heavy atom. The summed E-state index contributed by atoms with van der Waals surface area (Å²) in [5.41, 5.74) is -0.635. The van der Waals surface area contributed by atoms with E-state index < -0.39 is 37.8 Å². The molecule has 32 heavy (non-hydrogen) atoms. The standard InChI is InChI=1S/C26H38O5Si/c1-25(2,3)23(24(29)30)22(28)17-19(27)18-31-32(26(4,5)6,20-13-9-7-10-14-20)21-15-11-8-12-16-21/h7-16,19,22-23,27-28H,17-18H2,1-6H3,(H,29,30)/t19-,22+,23?/m0/s1. The van der Waals surface area contributed by atoms with Crippen molar-refractivity contribution in [2.24, 2.45) is 11.3 Å². The lowest BCUT2D eigenvalue weighted by Crippen LogP contribution is -2.67. The van der Waals surface area contributed by atoms with Crippen molar-refractivity contribution < 1.29 is 24.5 Å². The predicted octanol–water partition coefficient (Wildman–Crippen LogP) is 3.42. The van der Waals surface area contributed by atoms with Crippen LogP contribution in [0.15, 0.2) is 60.7 Å². The second-order valence-electron chi connectivity index (χ2n) is 10.6. The molecule has 3 N–H and O–H groups in total. The van der Waals surface area contributed by atoms with Crippen LogP contribution in [-0.4, -0.2) is 48.4 Å². The summed E-state index contributed by atoms with van der Waals surface area (Å²) in [4.78, 5) is 11.7. The number of carboxylic acids is 1. The zero-order chi connectivity index (χ0) is 24.2. The molecule has 2 rings (SSSR count). The lowest BCUT2D eigenvalue weighted by Gasteiger charge is -2.43. The van der Waals surface area contributed by atoms with Gasteiger partial charge in [0, 0.05) is 6.42 Å². The number of hydrogen-bond acceptors (Lipinski definition) is 4. The highest BCUT2D eigenvalue weighted by Gasteiger charge is 2.50. The van der Waals surface area contributed by atoms with E-state index >= 15 is 0 Å². The molecule has 0 aliphatic heterocycles. The van der Waals surface area contributed by atoms with E-state index in [9.17, 15) is 20.1 Å². The Morgan fingerprint density at radius 2 is 1.31 bits per heavy atom. The van der Waals surface area contributed by atoms with Gasteiger partial charge in [0.15, 0.2) is 0 Å². The van der Waals surface area contributed by atoms with Gasteiger partial charge in [-0.25, -0.2) is 0 Å². The van der Waals surface area contributed by atoms with Gasteiger partial charge in [0.2, 0.25) is 0 Å². The Morgan fingerprint density at radius 1 is 0.875 bits per heavy atom. The van der Waals surface area contributed by atoms with Crippen LogP contribution in [0.3, 0.4) is 0 Å². The second-order valence-corrected chi connectivity index (χ2v) is 14.9. The van der Waals surface area contributed by atoms with E-state index in [1.54, 1.807) is 20.8 Å². The summed E-state index contributed by atoms with van der Waals surface area (Å²) >= 11 is 0. The second kappa shape index (κ2) is 10.3. The van der Waals surface area contributed by atoms with Gasteiger partial charge in [0.1, 0.15) is 0 Å². The summed E-state index contributed by atoms with van der Waals surface area (Å²) in [6.45, 7) is 11.8. The maximum atomic E-state index is 11.7. The third-order valence-electron chi connectivity index (χ3n) is 6.01. The van der Waals surface area contributed by atoms with E-state index in [0.29, 0.717) is 0 Å². The SMILES string of the molecule is CC(C)(C)C(C(=O)O)[C@H](O)C[C@H](O)CO[Si](c1ccccc1)(c1ccccc1)C(C)(C)C. The number of aliphatic carboxylic acids is 1. The van der Waals surface area contributed by atoms with Gasteiger partial charge in [-0.3, -0.25) is 4.79 Å². The average Bonchev–Trinajstić information content (AvgIpc) is 2.67. The van der Waals surface area contributed by atoms with Gasteiger partial charge in [-0.15, -0.1) is 0 Å². The maximum Gasteiger partial charge on any atom is 0.309 e. The highest BCUT2D eigenvalue weighted by atomic mass is 28.4. The summed E-state index contributed by atoms with van der Waals surface area (Å²) in [5, 5.41) is 33.0. The highest BCUT2D eigenvalue weighted by molar-refractivity contribution is 6.99.